The molecule has 0 saturated heterocycles. The highest BCUT2D eigenvalue weighted by atomic mass is 19.4. The molecule has 7 heteroatoms. The predicted octanol–water partition coefficient (Wildman–Crippen LogP) is 3.68. The second kappa shape index (κ2) is 4.50. The fourth-order valence-corrected chi connectivity index (χ4v) is 2.42. The standard InChI is InChI=1S/C13H11F4N3/c14-9-3-1-8(2-4-9)10-7-11(13(15,16)17)20-12(19-10)5-6-18-20/h1-6,10-11,19H,7H2/t10-,11+/m1/s1. The lowest BCUT2D eigenvalue weighted by atomic mass is 9.97. The van der Waals surface area contributed by atoms with Crippen LogP contribution in [-0.2, 0) is 0 Å². The monoisotopic (exact) mass is 285 g/mol. The average molecular weight is 285 g/mol. The molecule has 3 nitrogen and oxygen atoms in total. The van der Waals surface area contributed by atoms with Gasteiger partial charge in [-0.05, 0) is 17.7 Å². The molecular weight excluding hydrogens is 274 g/mol. The molecular formula is C13H11F4N3. The number of nitrogens with zero attached hydrogens (tertiary/aromatic N) is 2. The van der Waals surface area contributed by atoms with Gasteiger partial charge >= 0.3 is 6.18 Å². The summed E-state index contributed by atoms with van der Waals surface area (Å²) in [6.07, 6.45) is -3.22. The van der Waals surface area contributed by atoms with E-state index in [9.17, 15) is 17.6 Å². The van der Waals surface area contributed by atoms with E-state index in [1.807, 2.05) is 0 Å². The van der Waals surface area contributed by atoms with Gasteiger partial charge in [0.1, 0.15) is 11.6 Å². The van der Waals surface area contributed by atoms with Crippen molar-refractivity contribution < 1.29 is 17.6 Å². The fourth-order valence-electron chi connectivity index (χ4n) is 2.42. The molecule has 0 saturated carbocycles. The minimum absolute atomic E-state index is 0.177. The maximum atomic E-state index is 13.1. The number of nitrogens with one attached hydrogen (secondary N) is 1. The molecule has 1 aliphatic heterocycles. The molecule has 2 heterocycles. The third-order valence-electron chi connectivity index (χ3n) is 3.40. The van der Waals surface area contributed by atoms with Crippen LogP contribution in [0.25, 0.3) is 0 Å². The van der Waals surface area contributed by atoms with Gasteiger partial charge in [0, 0.05) is 12.5 Å². The number of hydrogen-bond acceptors (Lipinski definition) is 2. The molecule has 1 aromatic heterocycles. The largest absolute Gasteiger partial charge is 0.410 e. The summed E-state index contributed by atoms with van der Waals surface area (Å²) in [5, 5.41) is 6.71. The van der Waals surface area contributed by atoms with Crippen LogP contribution in [0.5, 0.6) is 0 Å². The third-order valence-corrected chi connectivity index (χ3v) is 3.40. The molecule has 1 N–H and O–H groups in total. The van der Waals surface area contributed by atoms with Crippen molar-refractivity contribution in [2.24, 2.45) is 0 Å². The SMILES string of the molecule is Fc1ccc([C@H]2C[C@@H](C(F)(F)F)n3nccc3N2)cc1. The first-order chi connectivity index (χ1) is 9.45. The summed E-state index contributed by atoms with van der Waals surface area (Å²) in [4.78, 5) is 0. The van der Waals surface area contributed by atoms with Crippen molar-refractivity contribution in [2.75, 3.05) is 5.32 Å². The molecule has 0 unspecified atom stereocenters. The van der Waals surface area contributed by atoms with E-state index in [-0.39, 0.29) is 6.42 Å². The Morgan fingerprint density at radius 1 is 1.15 bits per heavy atom. The molecule has 0 spiro atoms. The Balaban J connectivity index is 1.95. The molecule has 106 valence electrons. The zero-order valence-corrected chi connectivity index (χ0v) is 10.2. The Hall–Kier alpha value is -2.05. The highest BCUT2D eigenvalue weighted by Crippen LogP contribution is 2.43. The van der Waals surface area contributed by atoms with E-state index >= 15 is 0 Å². The summed E-state index contributed by atoms with van der Waals surface area (Å²) in [6.45, 7) is 0. The van der Waals surface area contributed by atoms with Crippen molar-refractivity contribution in [2.45, 2.75) is 24.7 Å². The Morgan fingerprint density at radius 2 is 1.85 bits per heavy atom. The number of aromatic nitrogens is 2. The highest BCUT2D eigenvalue weighted by Gasteiger charge is 2.46. The molecule has 20 heavy (non-hydrogen) atoms. The predicted molar refractivity (Wildman–Crippen MR) is 64.7 cm³/mol. The van der Waals surface area contributed by atoms with Crippen LogP contribution in [0.3, 0.4) is 0 Å². The lowest BCUT2D eigenvalue weighted by Crippen LogP contribution is -2.35. The van der Waals surface area contributed by atoms with E-state index in [1.54, 1.807) is 0 Å². The maximum Gasteiger partial charge on any atom is 0.410 e. The van der Waals surface area contributed by atoms with Gasteiger partial charge in [-0.25, -0.2) is 9.07 Å². The summed E-state index contributed by atoms with van der Waals surface area (Å²) < 4.78 is 53.1. The summed E-state index contributed by atoms with van der Waals surface area (Å²) in [5.74, 6) is -0.102. The number of hydrogen-bond donors (Lipinski definition) is 1. The Labute approximate surface area is 112 Å². The molecule has 1 aromatic carbocycles. The van der Waals surface area contributed by atoms with E-state index in [4.69, 9.17) is 0 Å². The van der Waals surface area contributed by atoms with Gasteiger partial charge in [0.25, 0.3) is 0 Å². The molecule has 2 aromatic rings. The number of fused-ring (bicyclic) bond motifs is 1. The lowest BCUT2D eigenvalue weighted by Gasteiger charge is -2.33. The van der Waals surface area contributed by atoms with Crippen molar-refractivity contribution in [3.05, 3.63) is 47.9 Å². The smallest absolute Gasteiger partial charge is 0.363 e. The molecule has 0 amide bonds. The number of rotatable bonds is 1. The van der Waals surface area contributed by atoms with Gasteiger partial charge in [0.2, 0.25) is 0 Å². The normalized spacial score (nSPS) is 22.2. The number of halogens is 4. The summed E-state index contributed by atoms with van der Waals surface area (Å²) in [7, 11) is 0. The van der Waals surface area contributed by atoms with E-state index in [1.165, 1.54) is 36.5 Å². The quantitative estimate of drug-likeness (QED) is 0.810. The Morgan fingerprint density at radius 3 is 2.50 bits per heavy atom. The molecule has 0 fully saturated rings. The molecule has 0 aliphatic carbocycles. The van der Waals surface area contributed by atoms with Crippen LogP contribution in [0.1, 0.15) is 24.1 Å². The minimum atomic E-state index is -4.37. The van der Waals surface area contributed by atoms with Crippen molar-refractivity contribution >= 4 is 5.82 Å². The number of alkyl halides is 3. The van der Waals surface area contributed by atoms with Crippen LogP contribution in [0.2, 0.25) is 0 Å². The van der Waals surface area contributed by atoms with E-state index < -0.39 is 24.1 Å². The lowest BCUT2D eigenvalue weighted by molar-refractivity contribution is -0.173. The second-order valence-corrected chi connectivity index (χ2v) is 4.70. The topological polar surface area (TPSA) is 29.9 Å². The number of anilines is 1. The molecule has 0 radical (unpaired) electrons. The Bertz CT molecular complexity index is 603. The molecule has 3 rings (SSSR count). The van der Waals surface area contributed by atoms with Gasteiger partial charge < -0.3 is 5.32 Å². The fraction of sp³-hybridized carbons (Fsp3) is 0.308. The first-order valence-electron chi connectivity index (χ1n) is 6.07. The first kappa shape index (κ1) is 13.0. The number of benzene rings is 1. The van der Waals surface area contributed by atoms with Gasteiger partial charge in [-0.15, -0.1) is 0 Å². The van der Waals surface area contributed by atoms with E-state index in [2.05, 4.69) is 10.4 Å². The van der Waals surface area contributed by atoms with Crippen LogP contribution < -0.4 is 5.32 Å². The summed E-state index contributed by atoms with van der Waals surface area (Å²) in [5.41, 5.74) is 0.619. The van der Waals surface area contributed by atoms with Gasteiger partial charge in [-0.1, -0.05) is 12.1 Å². The molecule has 2 atom stereocenters. The van der Waals surface area contributed by atoms with E-state index in [0.29, 0.717) is 11.4 Å². The van der Waals surface area contributed by atoms with Crippen molar-refractivity contribution in [1.82, 2.24) is 9.78 Å². The third kappa shape index (κ3) is 2.23. The van der Waals surface area contributed by atoms with Crippen LogP contribution >= 0.6 is 0 Å². The highest BCUT2D eigenvalue weighted by molar-refractivity contribution is 5.41. The molecule has 0 bridgehead atoms. The van der Waals surface area contributed by atoms with Crippen molar-refractivity contribution in [3.63, 3.8) is 0 Å². The average Bonchev–Trinajstić information content (AvgIpc) is 2.85. The second-order valence-electron chi connectivity index (χ2n) is 4.70. The van der Waals surface area contributed by atoms with Gasteiger partial charge in [-0.3, -0.25) is 0 Å². The maximum absolute atomic E-state index is 13.1. The molecule has 1 aliphatic rings. The van der Waals surface area contributed by atoms with Crippen LogP contribution in [0.4, 0.5) is 23.4 Å². The van der Waals surface area contributed by atoms with Crippen LogP contribution in [0, 0.1) is 5.82 Å². The zero-order valence-electron chi connectivity index (χ0n) is 10.2. The van der Waals surface area contributed by atoms with Crippen molar-refractivity contribution in [1.29, 1.82) is 0 Å². The van der Waals surface area contributed by atoms with Crippen LogP contribution in [-0.4, -0.2) is 16.0 Å². The van der Waals surface area contributed by atoms with Gasteiger partial charge in [0.05, 0.1) is 12.2 Å². The summed E-state index contributed by atoms with van der Waals surface area (Å²) in [6, 6.07) is 4.76. The zero-order chi connectivity index (χ0) is 14.3. The van der Waals surface area contributed by atoms with Crippen LogP contribution in [0.15, 0.2) is 36.5 Å². The Kier molecular flexibility index (Phi) is 2.92. The van der Waals surface area contributed by atoms with E-state index in [0.717, 1.165) is 4.68 Å². The first-order valence-corrected chi connectivity index (χ1v) is 6.07. The summed E-state index contributed by atoms with van der Waals surface area (Å²) >= 11 is 0. The van der Waals surface area contributed by atoms with Crippen molar-refractivity contribution in [3.8, 4) is 0 Å². The minimum Gasteiger partial charge on any atom is -0.363 e. The van der Waals surface area contributed by atoms with Gasteiger partial charge in [0.15, 0.2) is 6.04 Å². The van der Waals surface area contributed by atoms with Gasteiger partial charge in [-0.2, -0.15) is 18.3 Å².